The summed E-state index contributed by atoms with van der Waals surface area (Å²) in [7, 11) is 1.63. The zero-order valence-corrected chi connectivity index (χ0v) is 17.9. The predicted octanol–water partition coefficient (Wildman–Crippen LogP) is 3.87. The average Bonchev–Trinajstić information content (AvgIpc) is 2.77. The summed E-state index contributed by atoms with van der Waals surface area (Å²) in [6.45, 7) is 1.13. The highest BCUT2D eigenvalue weighted by atomic mass is 35.5. The Morgan fingerprint density at radius 3 is 2.40 bits per heavy atom. The van der Waals surface area contributed by atoms with Crippen LogP contribution in [0, 0.1) is 5.92 Å². The summed E-state index contributed by atoms with van der Waals surface area (Å²) in [6.07, 6.45) is 3.59. The molecule has 0 aliphatic heterocycles. The minimum atomic E-state index is -0.212. The van der Waals surface area contributed by atoms with Crippen molar-refractivity contribution in [3.8, 4) is 5.75 Å². The van der Waals surface area contributed by atoms with Gasteiger partial charge in [0.1, 0.15) is 5.75 Å². The lowest BCUT2D eigenvalue weighted by molar-refractivity contribution is -0.126. The first-order valence-corrected chi connectivity index (χ1v) is 10.7. The number of anilines is 1. The van der Waals surface area contributed by atoms with Crippen LogP contribution in [0.3, 0.4) is 0 Å². The second-order valence-corrected chi connectivity index (χ2v) is 7.86. The minimum absolute atomic E-state index is 0.00682. The van der Waals surface area contributed by atoms with Crippen LogP contribution in [-0.2, 0) is 4.79 Å². The standard InChI is InChI=1S/C23H28ClN3O3/c1-30-19-12-10-18(11-13-19)25-14-15-26-23(29)20-4-2-3-5-21(20)27-22(28)16-6-8-17(24)9-7-16/h6-13,20-21,25H,2-5,14-15H2,1H3,(H,26,29)(H,27,28)/t20-,21+/m1/s1. The molecule has 0 saturated heterocycles. The molecule has 1 fully saturated rings. The third-order valence-electron chi connectivity index (χ3n) is 5.37. The molecule has 0 spiro atoms. The van der Waals surface area contributed by atoms with E-state index in [9.17, 15) is 9.59 Å². The molecule has 2 atom stereocenters. The number of amides is 2. The SMILES string of the molecule is COc1ccc(NCCNC(=O)[C@@H]2CCCC[C@@H]2NC(=O)c2ccc(Cl)cc2)cc1. The zero-order chi connectivity index (χ0) is 21.3. The maximum Gasteiger partial charge on any atom is 0.251 e. The van der Waals surface area contributed by atoms with Gasteiger partial charge in [-0.1, -0.05) is 24.4 Å². The van der Waals surface area contributed by atoms with Gasteiger partial charge in [0.05, 0.1) is 13.0 Å². The molecule has 0 heterocycles. The average molecular weight is 430 g/mol. The first-order valence-electron chi connectivity index (χ1n) is 10.3. The van der Waals surface area contributed by atoms with Crippen molar-refractivity contribution in [3.05, 3.63) is 59.1 Å². The molecule has 6 nitrogen and oxygen atoms in total. The van der Waals surface area contributed by atoms with E-state index in [1.54, 1.807) is 31.4 Å². The molecule has 2 aromatic carbocycles. The van der Waals surface area contributed by atoms with Crippen LogP contribution in [0.15, 0.2) is 48.5 Å². The predicted molar refractivity (Wildman–Crippen MR) is 119 cm³/mol. The zero-order valence-electron chi connectivity index (χ0n) is 17.1. The molecule has 0 aromatic heterocycles. The summed E-state index contributed by atoms with van der Waals surface area (Å²) < 4.78 is 5.14. The molecule has 0 unspecified atom stereocenters. The van der Waals surface area contributed by atoms with Gasteiger partial charge in [0.15, 0.2) is 0 Å². The van der Waals surface area contributed by atoms with Crippen molar-refractivity contribution in [1.82, 2.24) is 10.6 Å². The highest BCUT2D eigenvalue weighted by Crippen LogP contribution is 2.25. The monoisotopic (exact) mass is 429 g/mol. The van der Waals surface area contributed by atoms with Crippen LogP contribution in [0.2, 0.25) is 5.02 Å². The van der Waals surface area contributed by atoms with Crippen LogP contribution < -0.4 is 20.7 Å². The van der Waals surface area contributed by atoms with Crippen LogP contribution in [-0.4, -0.2) is 38.1 Å². The molecule has 0 bridgehead atoms. The second kappa shape index (κ2) is 10.9. The topological polar surface area (TPSA) is 79.5 Å². The summed E-state index contributed by atoms with van der Waals surface area (Å²) in [5, 5.41) is 9.90. The van der Waals surface area contributed by atoms with E-state index in [1.165, 1.54) is 0 Å². The third-order valence-corrected chi connectivity index (χ3v) is 5.62. The molecule has 0 radical (unpaired) electrons. The van der Waals surface area contributed by atoms with Crippen molar-refractivity contribution in [2.24, 2.45) is 5.92 Å². The minimum Gasteiger partial charge on any atom is -0.497 e. The van der Waals surface area contributed by atoms with E-state index >= 15 is 0 Å². The number of methoxy groups -OCH3 is 1. The number of nitrogens with one attached hydrogen (secondary N) is 3. The lowest BCUT2D eigenvalue weighted by Crippen LogP contribution is -2.49. The van der Waals surface area contributed by atoms with E-state index in [-0.39, 0.29) is 23.8 Å². The molecule has 1 aliphatic carbocycles. The van der Waals surface area contributed by atoms with Gasteiger partial charge in [-0.3, -0.25) is 9.59 Å². The molecule has 1 aliphatic rings. The fourth-order valence-electron chi connectivity index (χ4n) is 3.70. The fourth-order valence-corrected chi connectivity index (χ4v) is 3.83. The van der Waals surface area contributed by atoms with Crippen molar-refractivity contribution < 1.29 is 14.3 Å². The van der Waals surface area contributed by atoms with Gasteiger partial charge in [0, 0.05) is 35.4 Å². The number of carbonyl (C=O) groups is 2. The van der Waals surface area contributed by atoms with Crippen LogP contribution in [0.4, 0.5) is 5.69 Å². The maximum absolute atomic E-state index is 12.7. The van der Waals surface area contributed by atoms with E-state index in [1.807, 2.05) is 24.3 Å². The summed E-state index contributed by atoms with van der Waals surface area (Å²) in [6, 6.07) is 14.3. The highest BCUT2D eigenvalue weighted by molar-refractivity contribution is 6.30. The summed E-state index contributed by atoms with van der Waals surface area (Å²) in [4.78, 5) is 25.3. The lowest BCUT2D eigenvalue weighted by Gasteiger charge is -2.31. The van der Waals surface area contributed by atoms with Gasteiger partial charge in [-0.05, 0) is 61.4 Å². The Morgan fingerprint density at radius 2 is 1.70 bits per heavy atom. The number of benzene rings is 2. The normalized spacial score (nSPS) is 18.3. The van der Waals surface area contributed by atoms with Crippen LogP contribution >= 0.6 is 11.6 Å². The first-order chi connectivity index (χ1) is 14.6. The highest BCUT2D eigenvalue weighted by Gasteiger charge is 2.32. The van der Waals surface area contributed by atoms with Crippen molar-refractivity contribution in [2.75, 3.05) is 25.5 Å². The fraction of sp³-hybridized carbons (Fsp3) is 0.391. The van der Waals surface area contributed by atoms with E-state index < -0.39 is 0 Å². The van der Waals surface area contributed by atoms with E-state index in [0.29, 0.717) is 23.7 Å². The Bertz CT molecular complexity index is 840. The maximum atomic E-state index is 12.7. The molecule has 1 saturated carbocycles. The molecular formula is C23H28ClN3O3. The molecule has 160 valence electrons. The van der Waals surface area contributed by atoms with Gasteiger partial charge in [-0.15, -0.1) is 0 Å². The summed E-state index contributed by atoms with van der Waals surface area (Å²) >= 11 is 5.89. The van der Waals surface area contributed by atoms with Crippen LogP contribution in [0.25, 0.3) is 0 Å². The van der Waals surface area contributed by atoms with Gasteiger partial charge in [0.2, 0.25) is 5.91 Å². The van der Waals surface area contributed by atoms with Crippen molar-refractivity contribution >= 4 is 29.1 Å². The quantitative estimate of drug-likeness (QED) is 0.556. The van der Waals surface area contributed by atoms with Crippen molar-refractivity contribution in [2.45, 2.75) is 31.7 Å². The molecule has 3 N–H and O–H groups in total. The number of rotatable bonds is 8. The number of hydrogen-bond donors (Lipinski definition) is 3. The molecular weight excluding hydrogens is 402 g/mol. The van der Waals surface area contributed by atoms with Crippen LogP contribution in [0.5, 0.6) is 5.75 Å². The lowest BCUT2D eigenvalue weighted by atomic mass is 9.83. The third kappa shape index (κ3) is 6.13. The Hall–Kier alpha value is -2.73. The van der Waals surface area contributed by atoms with E-state index in [4.69, 9.17) is 16.3 Å². The van der Waals surface area contributed by atoms with E-state index in [2.05, 4.69) is 16.0 Å². The van der Waals surface area contributed by atoms with Crippen molar-refractivity contribution in [3.63, 3.8) is 0 Å². The number of hydrogen-bond acceptors (Lipinski definition) is 4. The van der Waals surface area contributed by atoms with E-state index in [0.717, 1.165) is 37.1 Å². The Kier molecular flexibility index (Phi) is 7.97. The number of ether oxygens (including phenoxy) is 1. The molecule has 3 rings (SSSR count). The summed E-state index contributed by atoms with van der Waals surface area (Å²) in [5.74, 6) is 0.416. The summed E-state index contributed by atoms with van der Waals surface area (Å²) in [5.41, 5.74) is 1.52. The van der Waals surface area contributed by atoms with Gasteiger partial charge < -0.3 is 20.7 Å². The van der Waals surface area contributed by atoms with Crippen molar-refractivity contribution in [1.29, 1.82) is 0 Å². The Balaban J connectivity index is 1.47. The largest absolute Gasteiger partial charge is 0.497 e. The number of halogens is 1. The molecule has 2 aromatic rings. The van der Waals surface area contributed by atoms with Gasteiger partial charge >= 0.3 is 0 Å². The molecule has 30 heavy (non-hydrogen) atoms. The van der Waals surface area contributed by atoms with Gasteiger partial charge in [-0.2, -0.15) is 0 Å². The first kappa shape index (κ1) is 22.0. The van der Waals surface area contributed by atoms with Gasteiger partial charge in [0.25, 0.3) is 5.91 Å². The van der Waals surface area contributed by atoms with Gasteiger partial charge in [-0.25, -0.2) is 0 Å². The smallest absolute Gasteiger partial charge is 0.251 e. The Labute approximate surface area is 182 Å². The Morgan fingerprint density at radius 1 is 1.00 bits per heavy atom. The molecule has 7 heteroatoms. The van der Waals surface area contributed by atoms with Crippen LogP contribution in [0.1, 0.15) is 36.0 Å². The second-order valence-electron chi connectivity index (χ2n) is 7.42. The molecule has 2 amide bonds. The number of carbonyl (C=O) groups excluding carboxylic acids is 2.